The molecule has 0 amide bonds. The van der Waals surface area contributed by atoms with Gasteiger partial charge in [0.05, 0.1) is 20.8 Å². The fourth-order valence-corrected chi connectivity index (χ4v) is 1.83. The van der Waals surface area contributed by atoms with E-state index < -0.39 is 0 Å². The first kappa shape index (κ1) is 16.9. The maximum absolute atomic E-state index is 5.84. The molecule has 114 valence electrons. The molecule has 0 aromatic heterocycles. The van der Waals surface area contributed by atoms with Crippen molar-refractivity contribution < 1.29 is 18.9 Å². The van der Waals surface area contributed by atoms with Gasteiger partial charge in [0, 0.05) is 12.5 Å². The normalized spacial score (nSPS) is 10.7. The molecule has 0 atom stereocenters. The summed E-state index contributed by atoms with van der Waals surface area (Å²) < 4.78 is 21.8. The zero-order valence-corrected chi connectivity index (χ0v) is 13.3. The molecule has 0 aliphatic carbocycles. The first-order valence-electron chi connectivity index (χ1n) is 6.63. The van der Waals surface area contributed by atoms with Crippen LogP contribution in [0.4, 0.5) is 0 Å². The van der Waals surface area contributed by atoms with Gasteiger partial charge in [0.2, 0.25) is 5.75 Å². The Kier molecular flexibility index (Phi) is 7.55. The van der Waals surface area contributed by atoms with E-state index in [1.54, 1.807) is 14.2 Å². The second-order valence-corrected chi connectivity index (χ2v) is 5.05. The van der Waals surface area contributed by atoms with E-state index in [1.165, 1.54) is 0 Å². The lowest BCUT2D eigenvalue weighted by atomic mass is 10.2. The van der Waals surface area contributed by atoms with Crippen LogP contribution in [0.1, 0.15) is 19.4 Å². The molecule has 0 saturated carbocycles. The van der Waals surface area contributed by atoms with Crippen LogP contribution in [0.5, 0.6) is 17.2 Å². The summed E-state index contributed by atoms with van der Waals surface area (Å²) in [6.07, 6.45) is 0. The van der Waals surface area contributed by atoms with E-state index in [0.29, 0.717) is 42.3 Å². The van der Waals surface area contributed by atoms with E-state index in [4.69, 9.17) is 30.5 Å². The van der Waals surface area contributed by atoms with E-state index in [0.717, 1.165) is 12.2 Å². The first-order valence-corrected chi connectivity index (χ1v) is 7.17. The Morgan fingerprint density at radius 2 is 1.65 bits per heavy atom. The summed E-state index contributed by atoms with van der Waals surface area (Å²) in [5, 5.41) is 0. The quantitative estimate of drug-likeness (QED) is 0.517. The third-order valence-electron chi connectivity index (χ3n) is 2.60. The molecule has 20 heavy (non-hydrogen) atoms. The SMILES string of the molecule is COc1cc(CCl)cc(OC)c1OCCOCC(C)C. The van der Waals surface area contributed by atoms with E-state index in [9.17, 15) is 0 Å². The third-order valence-corrected chi connectivity index (χ3v) is 2.91. The first-order chi connectivity index (χ1) is 9.62. The second kappa shape index (κ2) is 8.93. The van der Waals surface area contributed by atoms with Crippen LogP contribution in [-0.2, 0) is 10.6 Å². The number of rotatable bonds is 9. The van der Waals surface area contributed by atoms with Gasteiger partial charge in [-0.3, -0.25) is 0 Å². The van der Waals surface area contributed by atoms with Crippen molar-refractivity contribution in [3.05, 3.63) is 17.7 Å². The molecule has 4 nitrogen and oxygen atoms in total. The summed E-state index contributed by atoms with van der Waals surface area (Å²) in [6, 6.07) is 3.69. The molecule has 1 aromatic carbocycles. The highest BCUT2D eigenvalue weighted by Gasteiger charge is 2.13. The standard InChI is InChI=1S/C15H23ClO4/c1-11(2)10-19-5-6-20-15-13(17-3)7-12(9-16)8-14(15)18-4/h7-8,11H,5-6,9-10H2,1-4H3. The predicted molar refractivity (Wildman–Crippen MR) is 80.3 cm³/mol. The molecular formula is C15H23ClO4. The van der Waals surface area contributed by atoms with Crippen molar-refractivity contribution in [3.63, 3.8) is 0 Å². The highest BCUT2D eigenvalue weighted by Crippen LogP contribution is 2.38. The molecule has 0 heterocycles. The Morgan fingerprint density at radius 3 is 2.10 bits per heavy atom. The maximum atomic E-state index is 5.84. The Bertz CT molecular complexity index is 382. The average Bonchev–Trinajstić information content (AvgIpc) is 2.46. The van der Waals surface area contributed by atoms with Crippen molar-refractivity contribution in [2.75, 3.05) is 34.0 Å². The van der Waals surface area contributed by atoms with E-state index in [-0.39, 0.29) is 0 Å². The molecule has 0 spiro atoms. The molecule has 0 saturated heterocycles. The number of ether oxygens (including phenoxy) is 4. The molecule has 0 aliphatic rings. The Hall–Kier alpha value is -1.13. The summed E-state index contributed by atoms with van der Waals surface area (Å²) >= 11 is 5.84. The number of benzene rings is 1. The van der Waals surface area contributed by atoms with Gasteiger partial charge in [-0.15, -0.1) is 11.6 Å². The lowest BCUT2D eigenvalue weighted by Crippen LogP contribution is -2.11. The van der Waals surface area contributed by atoms with Crippen LogP contribution in [0.15, 0.2) is 12.1 Å². The van der Waals surface area contributed by atoms with Crippen molar-refractivity contribution >= 4 is 11.6 Å². The van der Waals surface area contributed by atoms with Gasteiger partial charge >= 0.3 is 0 Å². The molecule has 1 rings (SSSR count). The monoisotopic (exact) mass is 302 g/mol. The Morgan fingerprint density at radius 1 is 1.05 bits per heavy atom. The van der Waals surface area contributed by atoms with Gasteiger partial charge in [0.15, 0.2) is 11.5 Å². The largest absolute Gasteiger partial charge is 0.493 e. The number of hydrogen-bond donors (Lipinski definition) is 0. The van der Waals surface area contributed by atoms with Gasteiger partial charge < -0.3 is 18.9 Å². The van der Waals surface area contributed by atoms with Crippen molar-refractivity contribution in [2.45, 2.75) is 19.7 Å². The van der Waals surface area contributed by atoms with Crippen molar-refractivity contribution in [3.8, 4) is 17.2 Å². The number of alkyl halides is 1. The van der Waals surface area contributed by atoms with Gasteiger partial charge in [0.1, 0.15) is 6.61 Å². The van der Waals surface area contributed by atoms with E-state index >= 15 is 0 Å². The van der Waals surface area contributed by atoms with Crippen LogP contribution in [0.2, 0.25) is 0 Å². The van der Waals surface area contributed by atoms with Crippen molar-refractivity contribution in [1.82, 2.24) is 0 Å². The molecule has 0 aliphatic heterocycles. The molecule has 0 fully saturated rings. The van der Waals surface area contributed by atoms with Crippen molar-refractivity contribution in [1.29, 1.82) is 0 Å². The minimum absolute atomic E-state index is 0.393. The number of halogens is 1. The highest BCUT2D eigenvalue weighted by molar-refractivity contribution is 6.17. The number of hydrogen-bond acceptors (Lipinski definition) is 4. The van der Waals surface area contributed by atoms with Gasteiger partial charge in [-0.05, 0) is 23.6 Å². The van der Waals surface area contributed by atoms with Crippen LogP contribution in [0.25, 0.3) is 0 Å². The molecule has 1 aromatic rings. The molecule has 5 heteroatoms. The fraction of sp³-hybridized carbons (Fsp3) is 0.600. The smallest absolute Gasteiger partial charge is 0.203 e. The topological polar surface area (TPSA) is 36.9 Å². The number of methoxy groups -OCH3 is 2. The summed E-state index contributed by atoms with van der Waals surface area (Å²) in [5.41, 5.74) is 0.920. The minimum Gasteiger partial charge on any atom is -0.493 e. The van der Waals surface area contributed by atoms with Gasteiger partial charge in [-0.1, -0.05) is 13.8 Å². The summed E-state index contributed by atoms with van der Waals surface area (Å²) in [6.45, 7) is 5.92. The van der Waals surface area contributed by atoms with Gasteiger partial charge in [0.25, 0.3) is 0 Å². The molecule has 0 radical (unpaired) electrons. The molecular weight excluding hydrogens is 280 g/mol. The van der Waals surface area contributed by atoms with Gasteiger partial charge in [-0.25, -0.2) is 0 Å². The zero-order valence-electron chi connectivity index (χ0n) is 12.6. The van der Waals surface area contributed by atoms with Crippen molar-refractivity contribution in [2.24, 2.45) is 5.92 Å². The molecule has 0 bridgehead atoms. The van der Waals surface area contributed by atoms with Gasteiger partial charge in [-0.2, -0.15) is 0 Å². The van der Waals surface area contributed by atoms with Crippen LogP contribution < -0.4 is 14.2 Å². The van der Waals surface area contributed by atoms with Crippen LogP contribution in [0.3, 0.4) is 0 Å². The van der Waals surface area contributed by atoms with Crippen LogP contribution >= 0.6 is 11.6 Å². The maximum Gasteiger partial charge on any atom is 0.203 e. The molecule has 0 N–H and O–H groups in total. The average molecular weight is 303 g/mol. The van der Waals surface area contributed by atoms with E-state index in [2.05, 4.69) is 13.8 Å². The van der Waals surface area contributed by atoms with E-state index in [1.807, 2.05) is 12.1 Å². The third kappa shape index (κ3) is 5.10. The highest BCUT2D eigenvalue weighted by atomic mass is 35.5. The second-order valence-electron chi connectivity index (χ2n) is 4.78. The Labute approximate surface area is 125 Å². The summed E-state index contributed by atoms with van der Waals surface area (Å²) in [4.78, 5) is 0. The predicted octanol–water partition coefficient (Wildman–Crippen LogP) is 3.49. The fourth-order valence-electron chi connectivity index (χ4n) is 1.68. The Balaban J connectivity index is 2.67. The summed E-state index contributed by atoms with van der Waals surface area (Å²) in [7, 11) is 3.18. The lowest BCUT2D eigenvalue weighted by Gasteiger charge is -2.16. The van der Waals surface area contributed by atoms with Crippen LogP contribution in [-0.4, -0.2) is 34.0 Å². The molecule has 0 unspecified atom stereocenters. The van der Waals surface area contributed by atoms with Crippen LogP contribution in [0, 0.1) is 5.92 Å². The summed E-state index contributed by atoms with van der Waals surface area (Å²) in [5.74, 6) is 2.72. The minimum atomic E-state index is 0.393. The zero-order chi connectivity index (χ0) is 15.0. The lowest BCUT2D eigenvalue weighted by molar-refractivity contribution is 0.0802.